The zero-order valence-corrected chi connectivity index (χ0v) is 12.2. The molecule has 1 aliphatic rings. The largest absolute Gasteiger partial charge is 0.463 e. The van der Waals surface area contributed by atoms with Gasteiger partial charge in [0.15, 0.2) is 0 Å². The maximum absolute atomic E-state index is 11.4. The third-order valence-corrected chi connectivity index (χ3v) is 3.90. The Morgan fingerprint density at radius 1 is 1.47 bits per heavy atom. The van der Waals surface area contributed by atoms with E-state index in [9.17, 15) is 4.79 Å². The molecule has 0 spiro atoms. The molecule has 0 N–H and O–H groups in total. The summed E-state index contributed by atoms with van der Waals surface area (Å²) in [5.74, 6) is 0.691. The van der Waals surface area contributed by atoms with Crippen LogP contribution in [0.2, 0.25) is 0 Å². The SMILES string of the molecule is COC(=O)c1ccc(C(C)N2CCCC(C)(C)C2)o1. The first-order chi connectivity index (χ1) is 8.93. The number of ether oxygens (including phenoxy) is 1. The fourth-order valence-corrected chi connectivity index (χ4v) is 2.77. The monoisotopic (exact) mass is 265 g/mol. The molecule has 1 fully saturated rings. The van der Waals surface area contributed by atoms with Crippen LogP contribution in [0.15, 0.2) is 16.5 Å². The minimum Gasteiger partial charge on any atom is -0.463 e. The fraction of sp³-hybridized carbons (Fsp3) is 0.667. The number of carbonyl (C=O) groups excluding carboxylic acids is 1. The van der Waals surface area contributed by atoms with Crippen LogP contribution in [0.1, 0.15) is 56.0 Å². The highest BCUT2D eigenvalue weighted by Crippen LogP contribution is 2.33. The molecule has 0 saturated carbocycles. The molecule has 0 amide bonds. The van der Waals surface area contributed by atoms with E-state index in [4.69, 9.17) is 4.42 Å². The zero-order valence-electron chi connectivity index (χ0n) is 12.2. The minimum atomic E-state index is -0.419. The Labute approximate surface area is 114 Å². The Kier molecular flexibility index (Phi) is 3.99. The standard InChI is InChI=1S/C15H23NO3/c1-11(16-9-5-8-15(2,3)10-16)12-6-7-13(19-12)14(17)18-4/h6-7,11H,5,8-10H2,1-4H3. The lowest BCUT2D eigenvalue weighted by molar-refractivity contribution is 0.0543. The smallest absolute Gasteiger partial charge is 0.373 e. The molecule has 1 aromatic heterocycles. The van der Waals surface area contributed by atoms with Crippen molar-refractivity contribution in [1.29, 1.82) is 0 Å². The van der Waals surface area contributed by atoms with Gasteiger partial charge in [-0.15, -0.1) is 0 Å². The van der Waals surface area contributed by atoms with Crippen LogP contribution in [0.5, 0.6) is 0 Å². The van der Waals surface area contributed by atoms with Gasteiger partial charge in [-0.2, -0.15) is 0 Å². The van der Waals surface area contributed by atoms with Crippen molar-refractivity contribution in [2.45, 2.75) is 39.7 Å². The summed E-state index contributed by atoms with van der Waals surface area (Å²) in [6, 6.07) is 3.75. The summed E-state index contributed by atoms with van der Waals surface area (Å²) < 4.78 is 10.3. The van der Waals surface area contributed by atoms with Crippen LogP contribution >= 0.6 is 0 Å². The number of furan rings is 1. The number of nitrogens with zero attached hydrogens (tertiary/aromatic N) is 1. The Bertz CT molecular complexity index is 450. The molecule has 0 aromatic carbocycles. The molecule has 0 bridgehead atoms. The minimum absolute atomic E-state index is 0.193. The van der Waals surface area contributed by atoms with Crippen LogP contribution in [0, 0.1) is 5.41 Å². The van der Waals surface area contributed by atoms with E-state index in [-0.39, 0.29) is 11.8 Å². The topological polar surface area (TPSA) is 42.7 Å². The molecule has 0 aliphatic carbocycles. The van der Waals surface area contributed by atoms with Crippen molar-refractivity contribution in [2.24, 2.45) is 5.41 Å². The van der Waals surface area contributed by atoms with Crippen molar-refractivity contribution < 1.29 is 13.9 Å². The van der Waals surface area contributed by atoms with Gasteiger partial charge in [0.25, 0.3) is 0 Å². The molecular formula is C15H23NO3. The second-order valence-electron chi connectivity index (χ2n) is 6.11. The third-order valence-electron chi connectivity index (χ3n) is 3.90. The maximum Gasteiger partial charge on any atom is 0.373 e. The molecule has 19 heavy (non-hydrogen) atoms. The number of rotatable bonds is 3. The molecule has 1 saturated heterocycles. The quantitative estimate of drug-likeness (QED) is 0.787. The van der Waals surface area contributed by atoms with E-state index >= 15 is 0 Å². The highest BCUT2D eigenvalue weighted by molar-refractivity contribution is 5.86. The van der Waals surface area contributed by atoms with Gasteiger partial charge in [-0.1, -0.05) is 13.8 Å². The summed E-state index contributed by atoms with van der Waals surface area (Å²) in [5.41, 5.74) is 0.351. The van der Waals surface area contributed by atoms with E-state index in [1.54, 1.807) is 6.07 Å². The van der Waals surface area contributed by atoms with Crippen molar-refractivity contribution in [3.63, 3.8) is 0 Å². The molecule has 1 atom stereocenters. The van der Waals surface area contributed by atoms with E-state index in [0.717, 1.165) is 18.8 Å². The van der Waals surface area contributed by atoms with Gasteiger partial charge in [-0.25, -0.2) is 4.79 Å². The lowest BCUT2D eigenvalue weighted by Crippen LogP contribution is -2.41. The average molecular weight is 265 g/mol. The van der Waals surface area contributed by atoms with E-state index in [0.29, 0.717) is 5.41 Å². The average Bonchev–Trinajstić information content (AvgIpc) is 2.85. The molecule has 0 radical (unpaired) electrons. The van der Waals surface area contributed by atoms with Gasteiger partial charge in [0.05, 0.1) is 13.2 Å². The second-order valence-corrected chi connectivity index (χ2v) is 6.11. The lowest BCUT2D eigenvalue weighted by atomic mass is 9.83. The third kappa shape index (κ3) is 3.18. The van der Waals surface area contributed by atoms with Crippen LogP contribution in [0.3, 0.4) is 0 Å². The van der Waals surface area contributed by atoms with Crippen LogP contribution in [0.4, 0.5) is 0 Å². The van der Waals surface area contributed by atoms with Gasteiger partial charge in [-0.05, 0) is 43.9 Å². The van der Waals surface area contributed by atoms with E-state index in [2.05, 4.69) is 30.4 Å². The molecule has 4 heteroatoms. The van der Waals surface area contributed by atoms with Crippen LogP contribution in [-0.2, 0) is 4.74 Å². The molecule has 106 valence electrons. The van der Waals surface area contributed by atoms with Gasteiger partial charge in [0, 0.05) is 6.54 Å². The molecule has 2 heterocycles. The molecule has 1 aromatic rings. The second kappa shape index (κ2) is 5.37. The first kappa shape index (κ1) is 14.1. The first-order valence-corrected chi connectivity index (χ1v) is 6.85. The molecule has 4 nitrogen and oxygen atoms in total. The van der Waals surface area contributed by atoms with Gasteiger partial charge in [0.1, 0.15) is 5.76 Å². The number of piperidine rings is 1. The van der Waals surface area contributed by atoms with Crippen molar-refractivity contribution in [2.75, 3.05) is 20.2 Å². The fourth-order valence-electron chi connectivity index (χ4n) is 2.77. The van der Waals surface area contributed by atoms with Gasteiger partial charge in [0.2, 0.25) is 5.76 Å². The van der Waals surface area contributed by atoms with Gasteiger partial charge in [-0.3, -0.25) is 4.90 Å². The molecule has 2 rings (SSSR count). The number of carbonyl (C=O) groups is 1. The Balaban J connectivity index is 2.09. The Morgan fingerprint density at radius 3 is 2.84 bits per heavy atom. The summed E-state index contributed by atoms with van der Waals surface area (Å²) in [6.07, 6.45) is 2.48. The molecular weight excluding hydrogens is 242 g/mol. The summed E-state index contributed by atoms with van der Waals surface area (Å²) in [7, 11) is 1.36. The van der Waals surface area contributed by atoms with Crippen LogP contribution < -0.4 is 0 Å². The van der Waals surface area contributed by atoms with Crippen molar-refractivity contribution in [3.05, 3.63) is 23.7 Å². The zero-order chi connectivity index (χ0) is 14.0. The summed E-state index contributed by atoms with van der Waals surface area (Å²) >= 11 is 0. The van der Waals surface area contributed by atoms with Crippen LogP contribution in [-0.4, -0.2) is 31.1 Å². The van der Waals surface area contributed by atoms with Gasteiger partial charge < -0.3 is 9.15 Å². The highest BCUT2D eigenvalue weighted by atomic mass is 16.5. The lowest BCUT2D eigenvalue weighted by Gasteiger charge is -2.40. The predicted molar refractivity (Wildman–Crippen MR) is 73.1 cm³/mol. The first-order valence-electron chi connectivity index (χ1n) is 6.85. The summed E-state index contributed by atoms with van der Waals surface area (Å²) in [5, 5.41) is 0. The normalized spacial score (nSPS) is 21.1. The number of methoxy groups -OCH3 is 1. The summed E-state index contributed by atoms with van der Waals surface area (Å²) in [6.45, 7) is 8.87. The van der Waals surface area contributed by atoms with E-state index in [1.807, 2.05) is 6.07 Å². The number of hydrogen-bond donors (Lipinski definition) is 0. The van der Waals surface area contributed by atoms with E-state index in [1.165, 1.54) is 20.0 Å². The van der Waals surface area contributed by atoms with Crippen LogP contribution in [0.25, 0.3) is 0 Å². The molecule has 1 unspecified atom stereocenters. The van der Waals surface area contributed by atoms with E-state index < -0.39 is 5.97 Å². The maximum atomic E-state index is 11.4. The summed E-state index contributed by atoms with van der Waals surface area (Å²) in [4.78, 5) is 13.8. The van der Waals surface area contributed by atoms with Crippen molar-refractivity contribution >= 4 is 5.97 Å². The highest BCUT2D eigenvalue weighted by Gasteiger charge is 2.30. The number of esters is 1. The van der Waals surface area contributed by atoms with Crippen molar-refractivity contribution in [3.8, 4) is 0 Å². The Morgan fingerprint density at radius 2 is 2.21 bits per heavy atom. The van der Waals surface area contributed by atoms with Crippen molar-refractivity contribution in [1.82, 2.24) is 4.90 Å². The molecule has 1 aliphatic heterocycles. The number of hydrogen-bond acceptors (Lipinski definition) is 4. The van der Waals surface area contributed by atoms with Gasteiger partial charge >= 0.3 is 5.97 Å². The Hall–Kier alpha value is -1.29. The number of likely N-dealkylation sites (tertiary alicyclic amines) is 1. The predicted octanol–water partition coefficient (Wildman–Crippen LogP) is 3.25.